The fourth-order valence-corrected chi connectivity index (χ4v) is 6.37. The van der Waals surface area contributed by atoms with E-state index in [1.807, 2.05) is 0 Å². The van der Waals surface area contributed by atoms with E-state index in [1.54, 1.807) is 0 Å². The highest BCUT2D eigenvalue weighted by atomic mass is 16.6. The fourth-order valence-electron chi connectivity index (χ4n) is 6.37. The van der Waals surface area contributed by atoms with Crippen LogP contribution in [0.25, 0.3) is 0 Å². The van der Waals surface area contributed by atoms with Gasteiger partial charge in [-0.05, 0) is 31.1 Å². The van der Waals surface area contributed by atoms with Crippen LogP contribution in [0.3, 0.4) is 0 Å². The van der Waals surface area contributed by atoms with E-state index in [1.165, 1.54) is 122 Å². The van der Waals surface area contributed by atoms with Crippen molar-refractivity contribution in [3.63, 3.8) is 0 Å². The maximum atomic E-state index is 12.7. The number of rotatable bonds is 38. The molecule has 0 N–H and O–H groups in total. The average molecular weight is 709 g/mol. The van der Waals surface area contributed by atoms with Gasteiger partial charge in [-0.25, -0.2) is 0 Å². The molecule has 0 aromatic rings. The van der Waals surface area contributed by atoms with E-state index in [9.17, 15) is 14.4 Å². The van der Waals surface area contributed by atoms with Gasteiger partial charge in [0.15, 0.2) is 6.10 Å². The highest BCUT2D eigenvalue weighted by molar-refractivity contribution is 5.71. The molecule has 50 heavy (non-hydrogen) atoms. The Morgan fingerprint density at radius 1 is 0.420 bits per heavy atom. The van der Waals surface area contributed by atoms with E-state index in [0.717, 1.165) is 69.6 Å². The lowest BCUT2D eigenvalue weighted by molar-refractivity contribution is -0.167. The molecule has 0 aromatic carbocycles. The molecule has 0 aliphatic heterocycles. The third kappa shape index (κ3) is 36.2. The van der Waals surface area contributed by atoms with Crippen molar-refractivity contribution in [2.75, 3.05) is 13.2 Å². The monoisotopic (exact) mass is 709 g/mol. The van der Waals surface area contributed by atoms with Crippen molar-refractivity contribution in [2.45, 2.75) is 240 Å². The first-order chi connectivity index (χ1) is 24.3. The predicted octanol–water partition coefficient (Wildman–Crippen LogP) is 13.4. The van der Waals surface area contributed by atoms with Crippen molar-refractivity contribution in [3.05, 3.63) is 0 Å². The molecule has 0 aliphatic rings. The molecule has 0 aliphatic carbocycles. The Labute approximate surface area is 310 Å². The van der Waals surface area contributed by atoms with Crippen molar-refractivity contribution in [3.8, 4) is 0 Å². The van der Waals surface area contributed by atoms with Crippen molar-refractivity contribution < 1.29 is 28.6 Å². The lowest BCUT2D eigenvalue weighted by Crippen LogP contribution is -2.30. The van der Waals surface area contributed by atoms with E-state index in [0.29, 0.717) is 19.3 Å². The first-order valence-electron chi connectivity index (χ1n) is 21.8. The average Bonchev–Trinajstić information content (AvgIpc) is 3.09. The molecule has 6 heteroatoms. The van der Waals surface area contributed by atoms with E-state index in [2.05, 4.69) is 34.6 Å². The van der Waals surface area contributed by atoms with E-state index < -0.39 is 6.10 Å². The van der Waals surface area contributed by atoms with Gasteiger partial charge in [0.05, 0.1) is 0 Å². The Kier molecular flexibility index (Phi) is 36.0. The summed E-state index contributed by atoms with van der Waals surface area (Å²) in [5.41, 5.74) is 0. The van der Waals surface area contributed by atoms with Crippen LogP contribution in [0.15, 0.2) is 0 Å². The Hall–Kier alpha value is -1.59. The molecule has 0 aromatic heterocycles. The lowest BCUT2D eigenvalue weighted by Gasteiger charge is -2.18. The molecular weight excluding hydrogens is 624 g/mol. The van der Waals surface area contributed by atoms with Crippen LogP contribution < -0.4 is 0 Å². The predicted molar refractivity (Wildman–Crippen MR) is 210 cm³/mol. The van der Waals surface area contributed by atoms with Crippen molar-refractivity contribution in [1.82, 2.24) is 0 Å². The molecule has 6 nitrogen and oxygen atoms in total. The molecule has 0 heterocycles. The Balaban J connectivity index is 4.35. The van der Waals surface area contributed by atoms with Crippen LogP contribution in [0.2, 0.25) is 0 Å². The van der Waals surface area contributed by atoms with Crippen LogP contribution in [0.1, 0.15) is 234 Å². The van der Waals surface area contributed by atoms with Crippen molar-refractivity contribution in [1.29, 1.82) is 0 Å². The number of hydrogen-bond acceptors (Lipinski definition) is 6. The quantitative estimate of drug-likeness (QED) is 0.0361. The summed E-state index contributed by atoms with van der Waals surface area (Å²) in [5, 5.41) is 0. The van der Waals surface area contributed by atoms with Gasteiger partial charge in [0.1, 0.15) is 13.2 Å². The number of carbonyl (C=O) groups is 3. The third-order valence-corrected chi connectivity index (χ3v) is 10.1. The highest BCUT2D eigenvalue weighted by Gasteiger charge is 2.19. The van der Waals surface area contributed by atoms with Crippen molar-refractivity contribution in [2.24, 2.45) is 11.8 Å². The number of esters is 3. The zero-order chi connectivity index (χ0) is 36.9. The van der Waals surface area contributed by atoms with Gasteiger partial charge in [-0.3, -0.25) is 14.4 Å². The van der Waals surface area contributed by atoms with Crippen LogP contribution >= 0.6 is 0 Å². The molecule has 0 saturated carbocycles. The van der Waals surface area contributed by atoms with Crippen LogP contribution in [0, 0.1) is 11.8 Å². The Morgan fingerprint density at radius 2 is 0.760 bits per heavy atom. The second-order valence-electron chi connectivity index (χ2n) is 15.7. The van der Waals surface area contributed by atoms with Gasteiger partial charge in [-0.2, -0.15) is 0 Å². The smallest absolute Gasteiger partial charge is 0.306 e. The molecule has 0 bridgehead atoms. The molecule has 0 spiro atoms. The van der Waals surface area contributed by atoms with Gasteiger partial charge in [-0.1, -0.05) is 195 Å². The summed E-state index contributed by atoms with van der Waals surface area (Å²) in [6, 6.07) is 0. The maximum absolute atomic E-state index is 12.7. The van der Waals surface area contributed by atoms with Gasteiger partial charge < -0.3 is 14.2 Å². The molecule has 2 atom stereocenters. The number of carbonyl (C=O) groups excluding carboxylic acids is 3. The van der Waals surface area contributed by atoms with Gasteiger partial charge in [0.2, 0.25) is 0 Å². The van der Waals surface area contributed by atoms with Gasteiger partial charge in [0.25, 0.3) is 0 Å². The van der Waals surface area contributed by atoms with Crippen LogP contribution in [0.4, 0.5) is 0 Å². The summed E-state index contributed by atoms with van der Waals surface area (Å²) in [6.07, 6.45) is 33.7. The summed E-state index contributed by atoms with van der Waals surface area (Å²) < 4.78 is 16.7. The number of ether oxygens (including phenoxy) is 3. The minimum Gasteiger partial charge on any atom is -0.462 e. The molecule has 0 saturated heterocycles. The molecule has 0 rings (SSSR count). The Morgan fingerprint density at radius 3 is 1.14 bits per heavy atom. The highest BCUT2D eigenvalue weighted by Crippen LogP contribution is 2.16. The van der Waals surface area contributed by atoms with E-state index >= 15 is 0 Å². The lowest BCUT2D eigenvalue weighted by atomic mass is 10.00. The summed E-state index contributed by atoms with van der Waals surface area (Å²) in [5.74, 6) is 0.753. The molecule has 296 valence electrons. The van der Waals surface area contributed by atoms with Gasteiger partial charge >= 0.3 is 17.9 Å². The summed E-state index contributed by atoms with van der Waals surface area (Å²) in [6.45, 7) is 11.3. The van der Waals surface area contributed by atoms with E-state index in [4.69, 9.17) is 14.2 Å². The minimum atomic E-state index is -0.760. The minimum absolute atomic E-state index is 0.0662. The molecule has 0 radical (unpaired) electrons. The zero-order valence-corrected chi connectivity index (χ0v) is 34.0. The largest absolute Gasteiger partial charge is 0.462 e. The number of unbranched alkanes of at least 4 members (excludes halogenated alkanes) is 22. The standard InChI is InChI=1S/C44H84O6/c1-6-8-9-10-11-12-15-18-24-29-34-42(45)48-37-41(50-44(47)36-31-26-21-20-23-28-33-40(5)7-2)38-49-43(46)35-30-25-19-16-13-14-17-22-27-32-39(3)4/h39-41H,6-38H2,1-5H3/t40?,41-/m1/s1. The second-order valence-corrected chi connectivity index (χ2v) is 15.7. The summed E-state index contributed by atoms with van der Waals surface area (Å²) in [7, 11) is 0. The van der Waals surface area contributed by atoms with E-state index in [-0.39, 0.29) is 31.1 Å². The topological polar surface area (TPSA) is 78.9 Å². The van der Waals surface area contributed by atoms with Crippen LogP contribution in [0.5, 0.6) is 0 Å². The second kappa shape index (κ2) is 37.2. The number of hydrogen-bond donors (Lipinski definition) is 0. The van der Waals surface area contributed by atoms with Crippen LogP contribution in [-0.2, 0) is 28.6 Å². The maximum Gasteiger partial charge on any atom is 0.306 e. The fraction of sp³-hybridized carbons (Fsp3) is 0.932. The first kappa shape index (κ1) is 48.4. The van der Waals surface area contributed by atoms with Crippen molar-refractivity contribution >= 4 is 17.9 Å². The molecule has 1 unspecified atom stereocenters. The SMILES string of the molecule is CCCCCCCCCCCCC(=O)OC[C@H](COC(=O)CCCCCCCCCCCC(C)C)OC(=O)CCCCCCCCC(C)CC. The zero-order valence-electron chi connectivity index (χ0n) is 34.0. The molecule has 0 amide bonds. The Bertz CT molecular complexity index is 766. The molecule has 0 fully saturated rings. The van der Waals surface area contributed by atoms with Gasteiger partial charge in [-0.15, -0.1) is 0 Å². The summed E-state index contributed by atoms with van der Waals surface area (Å²) in [4.78, 5) is 37.6. The van der Waals surface area contributed by atoms with Gasteiger partial charge in [0, 0.05) is 19.3 Å². The normalized spacial score (nSPS) is 12.6. The third-order valence-electron chi connectivity index (χ3n) is 10.1. The van der Waals surface area contributed by atoms with Crippen LogP contribution in [-0.4, -0.2) is 37.2 Å². The first-order valence-corrected chi connectivity index (χ1v) is 21.8. The molecular formula is C44H84O6. The summed E-state index contributed by atoms with van der Waals surface area (Å²) >= 11 is 0.